The van der Waals surface area contributed by atoms with Gasteiger partial charge in [-0.3, -0.25) is 0 Å². The Kier molecular flexibility index (Phi) is 8.30. The Morgan fingerprint density at radius 2 is 1.17 bits per heavy atom. The van der Waals surface area contributed by atoms with Crippen LogP contribution in [0.2, 0.25) is 36.3 Å². The molecule has 0 fully saturated rings. The van der Waals surface area contributed by atoms with E-state index in [0.717, 1.165) is 53.3 Å². The van der Waals surface area contributed by atoms with Gasteiger partial charge in [-0.05, 0) is 54.0 Å². The highest BCUT2D eigenvalue weighted by molar-refractivity contribution is 6.75. The van der Waals surface area contributed by atoms with Gasteiger partial charge in [0.2, 0.25) is 0 Å². The molecule has 0 aromatic heterocycles. The first-order valence-electron chi connectivity index (χ1n) is 9.62. The van der Waals surface area contributed by atoms with E-state index in [4.69, 9.17) is 8.85 Å². The van der Waals surface area contributed by atoms with Crippen LogP contribution in [0.3, 0.4) is 0 Å². The fourth-order valence-corrected chi connectivity index (χ4v) is 8.34. The molecule has 136 valence electrons. The van der Waals surface area contributed by atoms with E-state index in [2.05, 4.69) is 66.3 Å². The largest absolute Gasteiger partial charge is 0.541 e. The molecule has 0 saturated heterocycles. The zero-order chi connectivity index (χ0) is 18.2. The fraction of sp³-hybridized carbons (Fsp3) is 0.600. The van der Waals surface area contributed by atoms with Crippen LogP contribution in [0.5, 0.6) is 11.5 Å². The summed E-state index contributed by atoms with van der Waals surface area (Å²) in [7, 11) is -3.44. The lowest BCUT2D eigenvalue weighted by Crippen LogP contribution is -2.41. The predicted octanol–water partition coefficient (Wildman–Crippen LogP) is 7.10. The van der Waals surface area contributed by atoms with E-state index >= 15 is 0 Å². The predicted molar refractivity (Wildman–Crippen MR) is 112 cm³/mol. The summed E-state index contributed by atoms with van der Waals surface area (Å²) in [5.74, 6) is 1.89. The Morgan fingerprint density at radius 3 is 1.54 bits per heavy atom. The molecule has 0 heterocycles. The SMILES string of the molecule is C=Cc1ccc(O[Si](CC)(CC)CC)c(O[Si](CC)(CC)CC)c1. The van der Waals surface area contributed by atoms with Crippen LogP contribution in [0.1, 0.15) is 47.1 Å². The third-order valence-electron chi connectivity index (χ3n) is 5.72. The van der Waals surface area contributed by atoms with Crippen LogP contribution in [-0.4, -0.2) is 16.6 Å². The average molecular weight is 365 g/mol. The van der Waals surface area contributed by atoms with Gasteiger partial charge in [-0.1, -0.05) is 60.3 Å². The minimum atomic E-state index is -1.73. The summed E-state index contributed by atoms with van der Waals surface area (Å²) in [6, 6.07) is 13.1. The van der Waals surface area contributed by atoms with E-state index in [1.165, 1.54) is 0 Å². The molecule has 0 atom stereocenters. The molecule has 24 heavy (non-hydrogen) atoms. The van der Waals surface area contributed by atoms with Gasteiger partial charge >= 0.3 is 0 Å². The van der Waals surface area contributed by atoms with Gasteiger partial charge in [0.15, 0.2) is 0 Å². The van der Waals surface area contributed by atoms with Gasteiger partial charge < -0.3 is 8.85 Å². The molecule has 0 spiro atoms. The van der Waals surface area contributed by atoms with Crippen molar-refractivity contribution < 1.29 is 8.85 Å². The van der Waals surface area contributed by atoms with Crippen LogP contribution >= 0.6 is 0 Å². The number of benzene rings is 1. The maximum absolute atomic E-state index is 6.69. The van der Waals surface area contributed by atoms with E-state index < -0.39 is 16.6 Å². The smallest absolute Gasteiger partial charge is 0.250 e. The van der Waals surface area contributed by atoms with Gasteiger partial charge in [0, 0.05) is 0 Å². The van der Waals surface area contributed by atoms with E-state index in [0.29, 0.717) is 0 Å². The van der Waals surface area contributed by atoms with E-state index in [1.807, 2.05) is 6.08 Å². The van der Waals surface area contributed by atoms with Crippen LogP contribution in [-0.2, 0) is 0 Å². The molecule has 0 aliphatic carbocycles. The first kappa shape index (κ1) is 21.0. The number of hydrogen-bond donors (Lipinski definition) is 0. The summed E-state index contributed by atoms with van der Waals surface area (Å²) in [6.07, 6.45) is 1.88. The molecule has 1 aromatic rings. The quantitative estimate of drug-likeness (QED) is 0.390. The van der Waals surface area contributed by atoms with Crippen molar-refractivity contribution in [3.8, 4) is 11.5 Å². The Labute approximate surface area is 151 Å². The maximum atomic E-state index is 6.69. The van der Waals surface area contributed by atoms with Crippen LogP contribution in [0.15, 0.2) is 24.8 Å². The Balaban J connectivity index is 3.28. The lowest BCUT2D eigenvalue weighted by Gasteiger charge is -2.33. The van der Waals surface area contributed by atoms with Gasteiger partial charge in [-0.15, -0.1) is 0 Å². The van der Waals surface area contributed by atoms with Crippen molar-refractivity contribution in [2.45, 2.75) is 77.8 Å². The fourth-order valence-electron chi connectivity index (χ4n) is 3.22. The Hall–Kier alpha value is -1.01. The van der Waals surface area contributed by atoms with E-state index in [1.54, 1.807) is 0 Å². The molecule has 0 bridgehead atoms. The summed E-state index contributed by atoms with van der Waals surface area (Å²) in [6.45, 7) is 17.5. The van der Waals surface area contributed by atoms with Crippen molar-refractivity contribution in [2.75, 3.05) is 0 Å². The number of rotatable bonds is 11. The first-order valence-corrected chi connectivity index (χ1v) is 14.7. The third-order valence-corrected chi connectivity index (χ3v) is 14.8. The molecular formula is C20H36O2Si2. The van der Waals surface area contributed by atoms with Crippen molar-refractivity contribution in [3.63, 3.8) is 0 Å². The van der Waals surface area contributed by atoms with Crippen LogP contribution in [0, 0.1) is 0 Å². The molecule has 1 rings (SSSR count). The highest BCUT2D eigenvalue weighted by atomic mass is 28.4. The molecule has 0 aliphatic heterocycles. The van der Waals surface area contributed by atoms with Crippen molar-refractivity contribution in [3.05, 3.63) is 30.3 Å². The first-order chi connectivity index (χ1) is 11.5. The highest BCUT2D eigenvalue weighted by Crippen LogP contribution is 2.37. The summed E-state index contributed by atoms with van der Waals surface area (Å²) in [5, 5.41) is 0. The second-order valence-corrected chi connectivity index (χ2v) is 16.0. The molecule has 0 unspecified atom stereocenters. The molecule has 0 aliphatic rings. The van der Waals surface area contributed by atoms with Crippen molar-refractivity contribution in [1.82, 2.24) is 0 Å². The molecule has 0 N–H and O–H groups in total. The van der Waals surface area contributed by atoms with Gasteiger partial charge in [0.05, 0.1) is 0 Å². The average Bonchev–Trinajstić information content (AvgIpc) is 2.65. The second-order valence-electron chi connectivity index (χ2n) is 6.60. The van der Waals surface area contributed by atoms with Gasteiger partial charge in [-0.2, -0.15) is 0 Å². The van der Waals surface area contributed by atoms with Gasteiger partial charge in [-0.25, -0.2) is 0 Å². The minimum Gasteiger partial charge on any atom is -0.541 e. The Morgan fingerprint density at radius 1 is 0.750 bits per heavy atom. The third kappa shape index (κ3) is 4.76. The molecule has 1 aromatic carbocycles. The molecule has 0 radical (unpaired) electrons. The summed E-state index contributed by atoms with van der Waals surface area (Å²) < 4.78 is 13.4. The monoisotopic (exact) mass is 364 g/mol. The maximum Gasteiger partial charge on any atom is 0.250 e. The Bertz CT molecular complexity index is 504. The molecule has 4 heteroatoms. The molecule has 2 nitrogen and oxygen atoms in total. The summed E-state index contributed by atoms with van der Waals surface area (Å²) in [5.41, 5.74) is 1.10. The normalized spacial score (nSPS) is 12.1. The molecule has 0 saturated carbocycles. The summed E-state index contributed by atoms with van der Waals surface area (Å²) in [4.78, 5) is 0. The lowest BCUT2D eigenvalue weighted by molar-refractivity contribution is 0.468. The van der Waals surface area contributed by atoms with E-state index in [9.17, 15) is 0 Å². The zero-order valence-electron chi connectivity index (χ0n) is 16.6. The summed E-state index contributed by atoms with van der Waals surface area (Å²) >= 11 is 0. The van der Waals surface area contributed by atoms with Crippen molar-refractivity contribution >= 4 is 22.7 Å². The van der Waals surface area contributed by atoms with Gasteiger partial charge in [0.25, 0.3) is 16.6 Å². The van der Waals surface area contributed by atoms with Crippen LogP contribution < -0.4 is 8.85 Å². The minimum absolute atomic E-state index is 0.942. The lowest BCUT2D eigenvalue weighted by atomic mass is 10.2. The number of hydrogen-bond acceptors (Lipinski definition) is 2. The van der Waals surface area contributed by atoms with E-state index in [-0.39, 0.29) is 0 Å². The van der Waals surface area contributed by atoms with Crippen molar-refractivity contribution in [1.29, 1.82) is 0 Å². The molecular weight excluding hydrogens is 328 g/mol. The van der Waals surface area contributed by atoms with Gasteiger partial charge in [0.1, 0.15) is 11.5 Å². The zero-order valence-corrected chi connectivity index (χ0v) is 18.6. The second kappa shape index (κ2) is 9.47. The topological polar surface area (TPSA) is 18.5 Å². The van der Waals surface area contributed by atoms with Crippen LogP contribution in [0.4, 0.5) is 0 Å². The standard InChI is InChI=1S/C20H36O2Si2/c1-8-18-15-16-19(21-23(9-2,10-3)11-4)20(17-18)22-24(12-5,13-6)14-7/h8,15-17H,1,9-14H2,2-7H3. The van der Waals surface area contributed by atoms with Crippen molar-refractivity contribution in [2.24, 2.45) is 0 Å². The molecule has 0 amide bonds. The van der Waals surface area contributed by atoms with Crippen LogP contribution in [0.25, 0.3) is 6.08 Å². The highest BCUT2D eigenvalue weighted by Gasteiger charge is 2.34.